The predicted molar refractivity (Wildman–Crippen MR) is 69.1 cm³/mol. The van der Waals surface area contributed by atoms with Gasteiger partial charge < -0.3 is 0 Å². The second kappa shape index (κ2) is 5.71. The van der Waals surface area contributed by atoms with Gasteiger partial charge in [0.25, 0.3) is 0 Å². The van der Waals surface area contributed by atoms with Gasteiger partial charge in [0.1, 0.15) is 5.82 Å². The number of aryl methyl sites for hydroxylation is 1. The Kier molecular flexibility index (Phi) is 4.02. The van der Waals surface area contributed by atoms with E-state index in [1.807, 2.05) is 25.1 Å². The highest BCUT2D eigenvalue weighted by Crippen LogP contribution is 2.19. The molecule has 0 amide bonds. The molecule has 1 atom stereocenters. The summed E-state index contributed by atoms with van der Waals surface area (Å²) >= 11 is 0. The molecule has 1 aromatic carbocycles. The maximum absolute atomic E-state index is 13.0. The highest BCUT2D eigenvalue weighted by Gasteiger charge is 2.13. The van der Waals surface area contributed by atoms with Gasteiger partial charge in [0.05, 0.1) is 11.7 Å². The van der Waals surface area contributed by atoms with Crippen LogP contribution < -0.4 is 11.3 Å². The fraction of sp³-hybridized carbons (Fsp3) is 0.214. The smallest absolute Gasteiger partial charge is 0.123 e. The molecule has 0 aliphatic rings. The van der Waals surface area contributed by atoms with Crippen molar-refractivity contribution >= 4 is 0 Å². The summed E-state index contributed by atoms with van der Waals surface area (Å²) < 4.78 is 13.0. The van der Waals surface area contributed by atoms with E-state index in [0.29, 0.717) is 6.42 Å². The summed E-state index contributed by atoms with van der Waals surface area (Å²) in [6, 6.07) is 10.4. The molecule has 0 aliphatic heterocycles. The molecule has 0 saturated heterocycles. The Morgan fingerprint density at radius 2 is 2.17 bits per heavy atom. The molecule has 0 aliphatic carbocycles. The lowest BCUT2D eigenvalue weighted by Crippen LogP contribution is -2.30. The summed E-state index contributed by atoms with van der Waals surface area (Å²) in [5.74, 6) is 5.35. The maximum Gasteiger partial charge on any atom is 0.123 e. The van der Waals surface area contributed by atoms with Crippen molar-refractivity contribution < 1.29 is 4.39 Å². The SMILES string of the molecule is Cc1cc(F)ccc1CC(NN)c1ccccn1. The minimum Gasteiger partial charge on any atom is -0.271 e. The largest absolute Gasteiger partial charge is 0.271 e. The predicted octanol–water partition coefficient (Wildman–Crippen LogP) is 2.28. The van der Waals surface area contributed by atoms with Gasteiger partial charge in [-0.3, -0.25) is 16.3 Å². The Bertz CT molecular complexity index is 514. The number of rotatable bonds is 4. The zero-order valence-electron chi connectivity index (χ0n) is 10.2. The zero-order valence-corrected chi connectivity index (χ0v) is 10.2. The van der Waals surface area contributed by atoms with E-state index in [4.69, 9.17) is 5.84 Å². The van der Waals surface area contributed by atoms with Gasteiger partial charge in [-0.25, -0.2) is 4.39 Å². The van der Waals surface area contributed by atoms with Crippen molar-refractivity contribution in [2.75, 3.05) is 0 Å². The van der Waals surface area contributed by atoms with E-state index >= 15 is 0 Å². The summed E-state index contributed by atoms with van der Waals surface area (Å²) in [6.07, 6.45) is 2.41. The van der Waals surface area contributed by atoms with E-state index in [9.17, 15) is 4.39 Å². The number of nitrogens with one attached hydrogen (secondary N) is 1. The molecule has 2 aromatic rings. The van der Waals surface area contributed by atoms with Crippen LogP contribution in [0.25, 0.3) is 0 Å². The Morgan fingerprint density at radius 1 is 1.33 bits per heavy atom. The Labute approximate surface area is 106 Å². The van der Waals surface area contributed by atoms with E-state index in [1.165, 1.54) is 12.1 Å². The van der Waals surface area contributed by atoms with E-state index in [2.05, 4.69) is 10.4 Å². The fourth-order valence-corrected chi connectivity index (χ4v) is 1.94. The van der Waals surface area contributed by atoms with E-state index < -0.39 is 0 Å². The fourth-order valence-electron chi connectivity index (χ4n) is 1.94. The lowest BCUT2D eigenvalue weighted by atomic mass is 9.99. The summed E-state index contributed by atoms with van der Waals surface area (Å²) in [5.41, 5.74) is 5.61. The second-order valence-corrected chi connectivity index (χ2v) is 4.25. The molecule has 1 unspecified atom stereocenters. The average Bonchev–Trinajstić information content (AvgIpc) is 2.39. The maximum atomic E-state index is 13.0. The lowest BCUT2D eigenvalue weighted by Gasteiger charge is -2.16. The first-order valence-corrected chi connectivity index (χ1v) is 5.83. The first-order valence-electron chi connectivity index (χ1n) is 5.83. The summed E-state index contributed by atoms with van der Waals surface area (Å²) in [4.78, 5) is 4.28. The molecule has 0 spiro atoms. The van der Waals surface area contributed by atoms with Gasteiger partial charge in [0.15, 0.2) is 0 Å². The molecule has 0 saturated carbocycles. The van der Waals surface area contributed by atoms with Crippen molar-refractivity contribution in [1.29, 1.82) is 0 Å². The molecule has 1 aromatic heterocycles. The third kappa shape index (κ3) is 2.91. The van der Waals surface area contributed by atoms with Crippen LogP contribution in [-0.4, -0.2) is 4.98 Å². The molecule has 3 N–H and O–H groups in total. The van der Waals surface area contributed by atoms with Crippen LogP contribution in [0.2, 0.25) is 0 Å². The van der Waals surface area contributed by atoms with Gasteiger partial charge in [0.2, 0.25) is 0 Å². The Morgan fingerprint density at radius 3 is 2.78 bits per heavy atom. The van der Waals surface area contributed by atoms with E-state index in [1.54, 1.807) is 12.3 Å². The highest BCUT2D eigenvalue weighted by molar-refractivity contribution is 5.28. The van der Waals surface area contributed by atoms with Crippen LogP contribution in [0.5, 0.6) is 0 Å². The van der Waals surface area contributed by atoms with Crippen molar-refractivity contribution in [3.05, 3.63) is 65.2 Å². The standard InChI is InChI=1S/C14H16FN3/c1-10-8-12(15)6-5-11(10)9-14(18-16)13-4-2-3-7-17-13/h2-8,14,18H,9,16H2,1H3. The number of nitrogens with zero attached hydrogens (tertiary/aromatic N) is 1. The van der Waals surface area contributed by atoms with Gasteiger partial charge in [-0.2, -0.15) is 0 Å². The number of halogens is 1. The number of hydrogen-bond acceptors (Lipinski definition) is 3. The molecule has 3 nitrogen and oxygen atoms in total. The topological polar surface area (TPSA) is 50.9 Å². The third-order valence-electron chi connectivity index (χ3n) is 2.97. The lowest BCUT2D eigenvalue weighted by molar-refractivity contribution is 0.536. The zero-order chi connectivity index (χ0) is 13.0. The molecule has 1 heterocycles. The van der Waals surface area contributed by atoms with E-state index in [0.717, 1.165) is 16.8 Å². The van der Waals surface area contributed by atoms with Gasteiger partial charge in [-0.15, -0.1) is 0 Å². The Balaban J connectivity index is 2.21. The number of hydrogen-bond donors (Lipinski definition) is 2. The summed E-state index contributed by atoms with van der Waals surface area (Å²) in [7, 11) is 0. The van der Waals surface area contributed by atoms with Gasteiger partial charge in [-0.1, -0.05) is 12.1 Å². The highest BCUT2D eigenvalue weighted by atomic mass is 19.1. The molecule has 0 bridgehead atoms. The number of pyridine rings is 1. The Hall–Kier alpha value is -1.78. The molecule has 4 heteroatoms. The second-order valence-electron chi connectivity index (χ2n) is 4.25. The van der Waals surface area contributed by atoms with E-state index in [-0.39, 0.29) is 11.9 Å². The molecular weight excluding hydrogens is 229 g/mol. The molecule has 18 heavy (non-hydrogen) atoms. The quantitative estimate of drug-likeness (QED) is 0.642. The summed E-state index contributed by atoms with van der Waals surface area (Å²) in [6.45, 7) is 1.89. The molecule has 2 rings (SSSR count). The number of aromatic nitrogens is 1. The number of benzene rings is 1. The number of nitrogens with two attached hydrogens (primary N) is 1. The van der Waals surface area contributed by atoms with Gasteiger partial charge in [0, 0.05) is 6.20 Å². The molecule has 0 fully saturated rings. The van der Waals surface area contributed by atoms with Crippen molar-refractivity contribution in [3.8, 4) is 0 Å². The first-order chi connectivity index (χ1) is 8.70. The van der Waals surface area contributed by atoms with Crippen LogP contribution in [0.4, 0.5) is 4.39 Å². The van der Waals surface area contributed by atoms with Crippen LogP contribution in [-0.2, 0) is 6.42 Å². The van der Waals surface area contributed by atoms with Crippen molar-refractivity contribution in [1.82, 2.24) is 10.4 Å². The van der Waals surface area contributed by atoms with Crippen molar-refractivity contribution in [2.45, 2.75) is 19.4 Å². The first kappa shape index (κ1) is 12.7. The van der Waals surface area contributed by atoms with Gasteiger partial charge >= 0.3 is 0 Å². The van der Waals surface area contributed by atoms with Crippen LogP contribution >= 0.6 is 0 Å². The van der Waals surface area contributed by atoms with Crippen molar-refractivity contribution in [3.63, 3.8) is 0 Å². The minimum atomic E-state index is -0.216. The molecule has 94 valence electrons. The van der Waals surface area contributed by atoms with Gasteiger partial charge in [-0.05, 0) is 48.7 Å². The number of hydrazine groups is 1. The summed E-state index contributed by atoms with van der Waals surface area (Å²) in [5, 5.41) is 0. The molecular formula is C14H16FN3. The average molecular weight is 245 g/mol. The minimum absolute atomic E-state index is 0.0737. The van der Waals surface area contributed by atoms with Crippen LogP contribution in [0.3, 0.4) is 0 Å². The van der Waals surface area contributed by atoms with Crippen LogP contribution in [0, 0.1) is 12.7 Å². The third-order valence-corrected chi connectivity index (χ3v) is 2.97. The normalized spacial score (nSPS) is 12.4. The van der Waals surface area contributed by atoms with Crippen LogP contribution in [0.1, 0.15) is 22.9 Å². The van der Waals surface area contributed by atoms with Crippen LogP contribution in [0.15, 0.2) is 42.6 Å². The monoisotopic (exact) mass is 245 g/mol. The molecule has 0 radical (unpaired) electrons. The van der Waals surface area contributed by atoms with Crippen molar-refractivity contribution in [2.24, 2.45) is 5.84 Å².